The van der Waals surface area contributed by atoms with Gasteiger partial charge in [0.2, 0.25) is 0 Å². The van der Waals surface area contributed by atoms with Gasteiger partial charge in [-0.05, 0) is 30.5 Å². The molecule has 8 heteroatoms. The van der Waals surface area contributed by atoms with E-state index in [0.29, 0.717) is 18.1 Å². The van der Waals surface area contributed by atoms with E-state index < -0.39 is 0 Å². The minimum atomic E-state index is -0.0290. The Labute approximate surface area is 150 Å². The summed E-state index contributed by atoms with van der Waals surface area (Å²) in [5.74, 6) is 0. The fourth-order valence-electron chi connectivity index (χ4n) is 3.29. The Morgan fingerprint density at radius 3 is 3.24 bits per heavy atom. The fraction of sp³-hybridized carbons (Fsp3) is 0.353. The van der Waals surface area contributed by atoms with Crippen molar-refractivity contribution in [2.45, 2.75) is 18.9 Å². The first-order chi connectivity index (χ1) is 12.2. The molecule has 1 fully saturated rings. The van der Waals surface area contributed by atoms with Crippen LogP contribution in [0.3, 0.4) is 0 Å². The van der Waals surface area contributed by atoms with E-state index in [2.05, 4.69) is 20.4 Å². The Morgan fingerprint density at radius 2 is 2.40 bits per heavy atom. The van der Waals surface area contributed by atoms with Crippen LogP contribution in [0.2, 0.25) is 5.02 Å². The summed E-state index contributed by atoms with van der Waals surface area (Å²) in [5.41, 5.74) is 2.04. The quantitative estimate of drug-likeness (QED) is 0.752. The lowest BCUT2D eigenvalue weighted by atomic mass is 10.1. The highest BCUT2D eigenvalue weighted by molar-refractivity contribution is 6.30. The number of fused-ring (bicyclic) bond motifs is 1. The lowest BCUT2D eigenvalue weighted by Gasteiger charge is -2.17. The number of pyridine rings is 1. The number of likely N-dealkylation sites (tertiary alicyclic amines) is 1. The van der Waals surface area contributed by atoms with E-state index in [1.165, 1.54) is 0 Å². The van der Waals surface area contributed by atoms with E-state index in [4.69, 9.17) is 11.6 Å². The summed E-state index contributed by atoms with van der Waals surface area (Å²) in [6.07, 6.45) is 8.81. The van der Waals surface area contributed by atoms with Crippen LogP contribution in [0.1, 0.15) is 18.0 Å². The molecule has 0 spiro atoms. The van der Waals surface area contributed by atoms with Gasteiger partial charge < -0.3 is 15.2 Å². The van der Waals surface area contributed by atoms with Crippen LogP contribution >= 0.6 is 11.6 Å². The number of hydrogen-bond acceptors (Lipinski definition) is 3. The van der Waals surface area contributed by atoms with Gasteiger partial charge in [0, 0.05) is 43.6 Å². The Bertz CT molecular complexity index is 888. The van der Waals surface area contributed by atoms with E-state index in [1.54, 1.807) is 18.6 Å². The lowest BCUT2D eigenvalue weighted by molar-refractivity contribution is 0.207. The van der Waals surface area contributed by atoms with Gasteiger partial charge in [-0.1, -0.05) is 11.6 Å². The normalized spacial score (nSPS) is 17.3. The predicted octanol–water partition coefficient (Wildman–Crippen LogP) is 2.61. The number of nitrogens with one attached hydrogen (secondary N) is 2. The van der Waals surface area contributed by atoms with Crippen molar-refractivity contribution >= 4 is 28.7 Å². The number of carbonyl (C=O) groups excluding carboxylic acids is 1. The van der Waals surface area contributed by atoms with Crippen LogP contribution in [0.15, 0.2) is 36.9 Å². The third-order valence-corrected chi connectivity index (χ3v) is 4.80. The number of H-pyrrole nitrogens is 1. The molecule has 1 unspecified atom stereocenters. The van der Waals surface area contributed by atoms with Gasteiger partial charge in [-0.3, -0.25) is 4.68 Å². The van der Waals surface area contributed by atoms with Gasteiger partial charge in [0.25, 0.3) is 0 Å². The molecule has 1 aliphatic heterocycles. The Morgan fingerprint density at radius 1 is 1.48 bits per heavy atom. The number of aromatic amines is 1. The first-order valence-corrected chi connectivity index (χ1v) is 8.72. The van der Waals surface area contributed by atoms with Crippen LogP contribution in [0, 0.1) is 0 Å². The van der Waals surface area contributed by atoms with Crippen molar-refractivity contribution in [3.8, 4) is 0 Å². The van der Waals surface area contributed by atoms with Crippen molar-refractivity contribution in [3.05, 3.63) is 47.5 Å². The van der Waals surface area contributed by atoms with Gasteiger partial charge in [0.1, 0.15) is 5.65 Å². The number of amides is 2. The molecule has 3 aromatic heterocycles. The van der Waals surface area contributed by atoms with Gasteiger partial charge in [-0.2, -0.15) is 5.10 Å². The summed E-state index contributed by atoms with van der Waals surface area (Å²) >= 11 is 5.91. The number of nitrogens with zero attached hydrogens (tertiary/aromatic N) is 4. The maximum absolute atomic E-state index is 12.4. The Hall–Kier alpha value is -2.54. The van der Waals surface area contributed by atoms with Crippen molar-refractivity contribution in [2.24, 2.45) is 0 Å². The summed E-state index contributed by atoms with van der Waals surface area (Å²) in [6.45, 7) is 1.97. The zero-order valence-corrected chi connectivity index (χ0v) is 14.4. The van der Waals surface area contributed by atoms with E-state index in [-0.39, 0.29) is 12.1 Å². The standard InChI is InChI=1S/C17H19ClN6O/c18-13-9-22-24(10-13)14-4-7-23(11-14)17(25)20-6-3-12-8-21-16-15(12)2-1-5-19-16/h1-2,5,8-10,14H,3-4,6-7,11H2,(H,19,21)(H,20,25). The first kappa shape index (κ1) is 16.0. The van der Waals surface area contributed by atoms with Gasteiger partial charge in [-0.25, -0.2) is 9.78 Å². The van der Waals surface area contributed by atoms with Crippen LogP contribution in [0.25, 0.3) is 11.0 Å². The molecule has 0 saturated carbocycles. The summed E-state index contributed by atoms with van der Waals surface area (Å²) in [4.78, 5) is 21.6. The van der Waals surface area contributed by atoms with Crippen molar-refractivity contribution in [1.82, 2.24) is 30.0 Å². The average Bonchev–Trinajstić information content (AvgIpc) is 3.34. The minimum absolute atomic E-state index is 0.0290. The third-order valence-electron chi connectivity index (χ3n) is 4.60. The summed E-state index contributed by atoms with van der Waals surface area (Å²) < 4.78 is 1.84. The topological polar surface area (TPSA) is 78.8 Å². The number of aromatic nitrogens is 4. The van der Waals surface area contributed by atoms with Gasteiger partial charge in [0.15, 0.2) is 0 Å². The molecule has 0 bridgehead atoms. The molecule has 0 radical (unpaired) electrons. The monoisotopic (exact) mass is 358 g/mol. The van der Waals surface area contributed by atoms with Crippen LogP contribution in [0.5, 0.6) is 0 Å². The number of halogens is 1. The number of urea groups is 1. The third kappa shape index (κ3) is 3.32. The van der Waals surface area contributed by atoms with E-state index in [1.807, 2.05) is 27.9 Å². The molecule has 3 aromatic rings. The van der Waals surface area contributed by atoms with Crippen molar-refractivity contribution in [2.75, 3.05) is 19.6 Å². The molecule has 1 atom stereocenters. The first-order valence-electron chi connectivity index (χ1n) is 8.34. The molecule has 4 heterocycles. The molecular weight excluding hydrogens is 340 g/mol. The molecule has 25 heavy (non-hydrogen) atoms. The highest BCUT2D eigenvalue weighted by Gasteiger charge is 2.27. The molecule has 4 rings (SSSR count). The molecule has 130 valence electrons. The second kappa shape index (κ2) is 6.76. The minimum Gasteiger partial charge on any atom is -0.346 e. The lowest BCUT2D eigenvalue weighted by Crippen LogP contribution is -2.39. The van der Waals surface area contributed by atoms with Crippen molar-refractivity contribution in [3.63, 3.8) is 0 Å². The van der Waals surface area contributed by atoms with E-state index >= 15 is 0 Å². The van der Waals surface area contributed by atoms with Crippen molar-refractivity contribution < 1.29 is 4.79 Å². The largest absolute Gasteiger partial charge is 0.346 e. The number of rotatable bonds is 4. The van der Waals surface area contributed by atoms with Crippen LogP contribution in [0.4, 0.5) is 4.79 Å². The summed E-state index contributed by atoms with van der Waals surface area (Å²) in [6, 6.07) is 4.12. The van der Waals surface area contributed by atoms with E-state index in [0.717, 1.165) is 36.0 Å². The van der Waals surface area contributed by atoms with Crippen LogP contribution < -0.4 is 5.32 Å². The molecule has 0 aromatic carbocycles. The zero-order valence-electron chi connectivity index (χ0n) is 13.7. The molecule has 1 saturated heterocycles. The van der Waals surface area contributed by atoms with Gasteiger partial charge in [0.05, 0.1) is 17.3 Å². The molecule has 0 aliphatic carbocycles. The highest BCUT2D eigenvalue weighted by Crippen LogP contribution is 2.22. The van der Waals surface area contributed by atoms with Crippen molar-refractivity contribution in [1.29, 1.82) is 0 Å². The van der Waals surface area contributed by atoms with E-state index in [9.17, 15) is 4.79 Å². The Kier molecular flexibility index (Phi) is 4.31. The number of hydrogen-bond donors (Lipinski definition) is 2. The molecule has 2 N–H and O–H groups in total. The Balaban J connectivity index is 1.29. The fourth-order valence-corrected chi connectivity index (χ4v) is 3.44. The van der Waals surface area contributed by atoms with Crippen LogP contribution in [-0.2, 0) is 6.42 Å². The molecule has 1 aliphatic rings. The zero-order chi connectivity index (χ0) is 17.2. The van der Waals surface area contributed by atoms with Crippen LogP contribution in [-0.4, -0.2) is 50.3 Å². The maximum atomic E-state index is 12.4. The smallest absolute Gasteiger partial charge is 0.317 e. The number of carbonyl (C=O) groups is 1. The second-order valence-electron chi connectivity index (χ2n) is 6.22. The summed E-state index contributed by atoms with van der Waals surface area (Å²) in [7, 11) is 0. The molecule has 2 amide bonds. The second-order valence-corrected chi connectivity index (χ2v) is 6.66. The molecular formula is C17H19ClN6O. The summed E-state index contributed by atoms with van der Waals surface area (Å²) in [5, 5.41) is 8.96. The van der Waals surface area contributed by atoms with Gasteiger partial charge >= 0.3 is 6.03 Å². The highest BCUT2D eigenvalue weighted by atomic mass is 35.5. The molecule has 7 nitrogen and oxygen atoms in total. The maximum Gasteiger partial charge on any atom is 0.317 e. The van der Waals surface area contributed by atoms with Gasteiger partial charge in [-0.15, -0.1) is 0 Å². The average molecular weight is 359 g/mol. The predicted molar refractivity (Wildman–Crippen MR) is 95.7 cm³/mol. The SMILES string of the molecule is O=C(NCCc1c[nH]c2ncccc12)N1CCC(n2cc(Cl)cn2)C1.